The number of carboxylic acid groups (broad SMARTS) is 2. The molecule has 0 heterocycles. The average molecular weight is 267 g/mol. The van der Waals surface area contributed by atoms with Crippen molar-refractivity contribution >= 4 is 17.8 Å². The largest absolute Gasteiger partial charge is 0.481 e. The monoisotopic (exact) mass is 267 g/mol. The summed E-state index contributed by atoms with van der Waals surface area (Å²) in [6.45, 7) is -0.168. The van der Waals surface area contributed by atoms with Crippen LogP contribution >= 0.6 is 0 Å². The van der Waals surface area contributed by atoms with Crippen molar-refractivity contribution in [2.45, 2.75) is 19.1 Å². The highest BCUT2D eigenvalue weighted by Gasteiger charge is 2.23. The highest BCUT2D eigenvalue weighted by molar-refractivity contribution is 5.97. The molecule has 1 aromatic carbocycles. The number of carbonyl (C=O) groups excluding carboxylic acids is 1. The molecule has 0 fully saturated rings. The molecule has 0 aliphatic heterocycles. The van der Waals surface area contributed by atoms with Crippen molar-refractivity contribution in [2.75, 3.05) is 0 Å². The van der Waals surface area contributed by atoms with E-state index in [0.717, 1.165) is 0 Å². The lowest BCUT2D eigenvalue weighted by Crippen LogP contribution is -2.42. The number of carbonyl (C=O) groups is 3. The van der Waals surface area contributed by atoms with Crippen molar-refractivity contribution in [3.63, 3.8) is 0 Å². The number of hydrogen-bond donors (Lipinski definition) is 4. The molecule has 7 heteroatoms. The Hall–Kier alpha value is -2.41. The van der Waals surface area contributed by atoms with Crippen LogP contribution in [0, 0.1) is 0 Å². The first-order valence-corrected chi connectivity index (χ1v) is 5.39. The first-order chi connectivity index (χ1) is 8.93. The predicted octanol–water partition coefficient (Wildman–Crippen LogP) is -0.163. The maximum atomic E-state index is 11.7. The lowest BCUT2D eigenvalue weighted by molar-refractivity contribution is -0.145. The minimum atomic E-state index is -1.48. The van der Waals surface area contributed by atoms with Crippen LogP contribution in [0.25, 0.3) is 0 Å². The van der Waals surface area contributed by atoms with E-state index in [1.165, 1.54) is 24.3 Å². The van der Waals surface area contributed by atoms with Gasteiger partial charge < -0.3 is 20.6 Å². The van der Waals surface area contributed by atoms with Crippen LogP contribution < -0.4 is 5.32 Å². The second kappa shape index (κ2) is 6.50. The quantitative estimate of drug-likeness (QED) is 0.567. The van der Waals surface area contributed by atoms with Gasteiger partial charge in [0, 0.05) is 5.56 Å². The van der Waals surface area contributed by atoms with Gasteiger partial charge in [0.05, 0.1) is 13.0 Å². The van der Waals surface area contributed by atoms with Gasteiger partial charge in [-0.05, 0) is 17.7 Å². The second-order valence-corrected chi connectivity index (χ2v) is 3.82. The van der Waals surface area contributed by atoms with Crippen LogP contribution in [0.1, 0.15) is 22.3 Å². The standard InChI is InChI=1S/C12H13NO6/c14-6-7-1-3-8(4-2-7)11(17)13-9(12(18)19)5-10(15)16/h1-4,9,14H,5-6H2,(H,13,17)(H,15,16)(H,18,19). The van der Waals surface area contributed by atoms with E-state index in [1.807, 2.05) is 0 Å². The third-order valence-corrected chi connectivity index (χ3v) is 2.38. The molecular formula is C12H13NO6. The van der Waals surface area contributed by atoms with E-state index in [0.29, 0.717) is 5.56 Å². The maximum absolute atomic E-state index is 11.7. The van der Waals surface area contributed by atoms with Gasteiger partial charge in [0.15, 0.2) is 0 Å². The minimum absolute atomic E-state index is 0.168. The summed E-state index contributed by atoms with van der Waals surface area (Å²) in [5.74, 6) is -3.41. The van der Waals surface area contributed by atoms with Gasteiger partial charge in [-0.2, -0.15) is 0 Å². The molecule has 0 aromatic heterocycles. The first kappa shape index (κ1) is 14.7. The second-order valence-electron chi connectivity index (χ2n) is 3.82. The molecule has 0 radical (unpaired) electrons. The van der Waals surface area contributed by atoms with Gasteiger partial charge in [0.2, 0.25) is 0 Å². The van der Waals surface area contributed by atoms with Crippen molar-refractivity contribution in [2.24, 2.45) is 0 Å². The predicted molar refractivity (Wildman–Crippen MR) is 63.5 cm³/mol. The van der Waals surface area contributed by atoms with Gasteiger partial charge >= 0.3 is 11.9 Å². The average Bonchev–Trinajstić information content (AvgIpc) is 2.37. The van der Waals surface area contributed by atoms with Gasteiger partial charge in [-0.3, -0.25) is 9.59 Å². The fourth-order valence-corrected chi connectivity index (χ4v) is 1.38. The van der Waals surface area contributed by atoms with E-state index in [-0.39, 0.29) is 12.2 Å². The van der Waals surface area contributed by atoms with E-state index in [1.54, 1.807) is 0 Å². The third kappa shape index (κ3) is 4.40. The van der Waals surface area contributed by atoms with E-state index in [4.69, 9.17) is 15.3 Å². The molecule has 19 heavy (non-hydrogen) atoms. The Morgan fingerprint density at radius 3 is 2.11 bits per heavy atom. The molecule has 1 rings (SSSR count). The van der Waals surface area contributed by atoms with Gasteiger partial charge in [0.25, 0.3) is 5.91 Å². The number of nitrogens with one attached hydrogen (secondary N) is 1. The first-order valence-electron chi connectivity index (χ1n) is 5.39. The van der Waals surface area contributed by atoms with Crippen LogP contribution in [0.15, 0.2) is 24.3 Å². The molecule has 1 amide bonds. The van der Waals surface area contributed by atoms with E-state index in [2.05, 4.69) is 5.32 Å². The van der Waals surface area contributed by atoms with Crippen molar-refractivity contribution in [3.05, 3.63) is 35.4 Å². The molecule has 0 saturated carbocycles. The van der Waals surface area contributed by atoms with Crippen LogP contribution in [0.5, 0.6) is 0 Å². The van der Waals surface area contributed by atoms with Crippen molar-refractivity contribution in [1.82, 2.24) is 5.32 Å². The van der Waals surface area contributed by atoms with Crippen LogP contribution in [-0.4, -0.2) is 39.2 Å². The van der Waals surface area contributed by atoms with Crippen LogP contribution in [0.3, 0.4) is 0 Å². The van der Waals surface area contributed by atoms with Gasteiger partial charge in [-0.25, -0.2) is 4.79 Å². The zero-order valence-electron chi connectivity index (χ0n) is 9.87. The summed E-state index contributed by atoms with van der Waals surface area (Å²) >= 11 is 0. The topological polar surface area (TPSA) is 124 Å². The van der Waals surface area contributed by atoms with E-state index in [9.17, 15) is 14.4 Å². The molecule has 0 aliphatic rings. The van der Waals surface area contributed by atoms with Crippen molar-refractivity contribution < 1.29 is 29.7 Å². The van der Waals surface area contributed by atoms with Crippen LogP contribution in [0.2, 0.25) is 0 Å². The zero-order chi connectivity index (χ0) is 14.4. The Labute approximate surface area is 108 Å². The number of aliphatic hydroxyl groups excluding tert-OH is 1. The highest BCUT2D eigenvalue weighted by atomic mass is 16.4. The number of amides is 1. The Morgan fingerprint density at radius 2 is 1.68 bits per heavy atom. The highest BCUT2D eigenvalue weighted by Crippen LogP contribution is 2.05. The Bertz CT molecular complexity index is 481. The molecule has 102 valence electrons. The number of hydrogen-bond acceptors (Lipinski definition) is 4. The Kier molecular flexibility index (Phi) is 5.01. The molecule has 4 N–H and O–H groups in total. The SMILES string of the molecule is O=C(O)CC(NC(=O)c1ccc(CO)cc1)C(=O)O. The molecule has 0 bridgehead atoms. The summed E-state index contributed by atoms with van der Waals surface area (Å²) < 4.78 is 0. The number of aliphatic hydroxyl groups is 1. The summed E-state index contributed by atoms with van der Waals surface area (Å²) in [5.41, 5.74) is 0.797. The van der Waals surface area contributed by atoms with Gasteiger partial charge in [-0.1, -0.05) is 12.1 Å². The number of rotatable bonds is 6. The Balaban J connectivity index is 2.75. The normalized spacial score (nSPS) is 11.6. The summed E-state index contributed by atoms with van der Waals surface area (Å²) in [4.78, 5) is 33.0. The summed E-state index contributed by atoms with van der Waals surface area (Å²) in [6, 6.07) is 4.38. The molecular weight excluding hydrogens is 254 g/mol. The molecule has 0 aliphatic carbocycles. The fourth-order valence-electron chi connectivity index (χ4n) is 1.38. The minimum Gasteiger partial charge on any atom is -0.481 e. The lowest BCUT2D eigenvalue weighted by Gasteiger charge is -2.12. The number of carboxylic acids is 2. The van der Waals surface area contributed by atoms with Crippen molar-refractivity contribution in [1.29, 1.82) is 0 Å². The Morgan fingerprint density at radius 1 is 1.11 bits per heavy atom. The number of benzene rings is 1. The van der Waals surface area contributed by atoms with E-state index < -0.39 is 30.3 Å². The number of aliphatic carboxylic acids is 2. The molecule has 0 saturated heterocycles. The van der Waals surface area contributed by atoms with Gasteiger partial charge in [-0.15, -0.1) is 0 Å². The van der Waals surface area contributed by atoms with Crippen molar-refractivity contribution in [3.8, 4) is 0 Å². The molecule has 7 nitrogen and oxygen atoms in total. The zero-order valence-corrected chi connectivity index (χ0v) is 9.87. The lowest BCUT2D eigenvalue weighted by atomic mass is 10.1. The maximum Gasteiger partial charge on any atom is 0.326 e. The molecule has 1 atom stereocenters. The van der Waals surface area contributed by atoms with Crippen LogP contribution in [0.4, 0.5) is 0 Å². The summed E-state index contributed by atoms with van der Waals surface area (Å²) in [6.07, 6.45) is -0.699. The molecule has 1 aromatic rings. The summed E-state index contributed by atoms with van der Waals surface area (Å²) in [7, 11) is 0. The van der Waals surface area contributed by atoms with Gasteiger partial charge in [0.1, 0.15) is 6.04 Å². The smallest absolute Gasteiger partial charge is 0.326 e. The molecule has 1 unspecified atom stereocenters. The molecule has 0 spiro atoms. The third-order valence-electron chi connectivity index (χ3n) is 2.38. The fraction of sp³-hybridized carbons (Fsp3) is 0.250. The van der Waals surface area contributed by atoms with Crippen LogP contribution in [-0.2, 0) is 16.2 Å². The summed E-state index contributed by atoms with van der Waals surface area (Å²) in [5, 5.41) is 28.3. The van der Waals surface area contributed by atoms with E-state index >= 15 is 0 Å².